The van der Waals surface area contributed by atoms with E-state index < -0.39 is 12.2 Å². The first-order chi connectivity index (χ1) is 4.66. The van der Waals surface area contributed by atoms with Gasteiger partial charge in [-0.15, -0.1) is 0 Å². The van der Waals surface area contributed by atoms with E-state index in [2.05, 4.69) is 0 Å². The van der Waals surface area contributed by atoms with Crippen LogP contribution in [0.3, 0.4) is 0 Å². The Kier molecular flexibility index (Phi) is 2.28. The monoisotopic (exact) mass is 146 g/mol. The minimum atomic E-state index is -0.694. The third-order valence-corrected chi connectivity index (χ3v) is 2.22. The predicted molar refractivity (Wildman–Crippen MR) is 36.6 cm³/mol. The van der Waals surface area contributed by atoms with Gasteiger partial charge in [0.25, 0.3) is 0 Å². The molecule has 0 aromatic rings. The van der Waals surface area contributed by atoms with Crippen molar-refractivity contribution >= 4 is 0 Å². The van der Waals surface area contributed by atoms with Gasteiger partial charge >= 0.3 is 0 Å². The van der Waals surface area contributed by atoms with Crippen LogP contribution < -0.4 is 0 Å². The molecule has 0 radical (unpaired) electrons. The Morgan fingerprint density at radius 2 is 1.90 bits per heavy atom. The Morgan fingerprint density at radius 3 is 2.10 bits per heavy atom. The highest BCUT2D eigenvalue weighted by atomic mass is 16.5. The summed E-state index contributed by atoms with van der Waals surface area (Å²) in [6.45, 7) is 1.91. The number of aliphatic hydroxyl groups is 2. The molecule has 3 nitrogen and oxygen atoms in total. The van der Waals surface area contributed by atoms with Crippen LogP contribution in [0, 0.1) is 5.92 Å². The van der Waals surface area contributed by atoms with Crippen molar-refractivity contribution in [2.24, 2.45) is 5.92 Å². The molecule has 0 aromatic heterocycles. The van der Waals surface area contributed by atoms with Crippen molar-refractivity contribution in [3.05, 3.63) is 0 Å². The number of ether oxygens (including phenoxy) is 1. The molecule has 1 saturated carbocycles. The van der Waals surface area contributed by atoms with Crippen LogP contribution >= 0.6 is 0 Å². The van der Waals surface area contributed by atoms with Crippen LogP contribution in [0.25, 0.3) is 0 Å². The first-order valence-corrected chi connectivity index (χ1v) is 3.55. The summed E-state index contributed by atoms with van der Waals surface area (Å²) in [5.41, 5.74) is 0. The maximum absolute atomic E-state index is 9.25. The lowest BCUT2D eigenvalue weighted by Crippen LogP contribution is -2.31. The fourth-order valence-electron chi connectivity index (χ4n) is 1.44. The van der Waals surface area contributed by atoms with Gasteiger partial charge in [0.05, 0.1) is 12.2 Å². The lowest BCUT2D eigenvalue weighted by molar-refractivity contribution is -0.0405. The van der Waals surface area contributed by atoms with Gasteiger partial charge in [0.1, 0.15) is 6.10 Å². The Labute approximate surface area is 60.6 Å². The summed E-state index contributed by atoms with van der Waals surface area (Å²) in [6, 6.07) is 0. The van der Waals surface area contributed by atoms with Gasteiger partial charge in [-0.3, -0.25) is 0 Å². The van der Waals surface area contributed by atoms with Gasteiger partial charge < -0.3 is 14.9 Å². The molecule has 0 heterocycles. The molecule has 2 N–H and O–H groups in total. The van der Waals surface area contributed by atoms with Crippen LogP contribution in [0.2, 0.25) is 0 Å². The number of aliphatic hydroxyl groups excluding tert-OH is 2. The lowest BCUT2D eigenvalue weighted by Gasteiger charge is -2.14. The van der Waals surface area contributed by atoms with Crippen LogP contribution in [0.5, 0.6) is 0 Å². The van der Waals surface area contributed by atoms with Gasteiger partial charge in [0.15, 0.2) is 0 Å². The average Bonchev–Trinajstić information content (AvgIpc) is 2.17. The third kappa shape index (κ3) is 1.17. The van der Waals surface area contributed by atoms with E-state index in [1.54, 1.807) is 7.11 Å². The molecule has 4 atom stereocenters. The lowest BCUT2D eigenvalue weighted by atomic mass is 10.1. The fraction of sp³-hybridized carbons (Fsp3) is 1.00. The molecule has 0 unspecified atom stereocenters. The second-order valence-electron chi connectivity index (χ2n) is 2.97. The third-order valence-electron chi connectivity index (χ3n) is 2.22. The quantitative estimate of drug-likeness (QED) is 0.537. The second-order valence-corrected chi connectivity index (χ2v) is 2.97. The second kappa shape index (κ2) is 2.86. The molecule has 0 aromatic carbocycles. The summed E-state index contributed by atoms with van der Waals surface area (Å²) < 4.78 is 4.95. The topological polar surface area (TPSA) is 49.7 Å². The van der Waals surface area contributed by atoms with E-state index in [-0.39, 0.29) is 12.0 Å². The van der Waals surface area contributed by atoms with Crippen LogP contribution in [-0.4, -0.2) is 35.6 Å². The summed E-state index contributed by atoms with van der Waals surface area (Å²) in [5.74, 6) is 0.153. The average molecular weight is 146 g/mol. The first-order valence-electron chi connectivity index (χ1n) is 3.55. The number of hydrogen-bond donors (Lipinski definition) is 2. The molecular weight excluding hydrogens is 132 g/mol. The molecule has 1 rings (SSSR count). The van der Waals surface area contributed by atoms with Gasteiger partial charge in [0.2, 0.25) is 0 Å². The van der Waals surface area contributed by atoms with Crippen LogP contribution in [-0.2, 0) is 4.74 Å². The largest absolute Gasteiger partial charge is 0.390 e. The van der Waals surface area contributed by atoms with Gasteiger partial charge in [-0.1, -0.05) is 6.92 Å². The van der Waals surface area contributed by atoms with E-state index in [1.165, 1.54) is 0 Å². The predicted octanol–water partition coefficient (Wildman–Crippen LogP) is -0.237. The van der Waals surface area contributed by atoms with Crippen molar-refractivity contribution < 1.29 is 14.9 Å². The highest BCUT2D eigenvalue weighted by Crippen LogP contribution is 2.27. The fourth-order valence-corrected chi connectivity index (χ4v) is 1.44. The maximum Gasteiger partial charge on any atom is 0.106 e. The summed E-state index contributed by atoms with van der Waals surface area (Å²) in [5, 5.41) is 18.5. The molecule has 0 bridgehead atoms. The zero-order valence-electron chi connectivity index (χ0n) is 6.32. The zero-order chi connectivity index (χ0) is 7.72. The van der Waals surface area contributed by atoms with Crippen molar-refractivity contribution in [2.45, 2.75) is 31.7 Å². The van der Waals surface area contributed by atoms with E-state index in [4.69, 9.17) is 4.74 Å². The summed E-state index contributed by atoms with van der Waals surface area (Å²) in [6.07, 6.45) is -0.728. The molecule has 3 heteroatoms. The maximum atomic E-state index is 9.25. The number of methoxy groups -OCH3 is 1. The highest BCUT2D eigenvalue weighted by Gasteiger charge is 2.38. The Bertz CT molecular complexity index is 115. The van der Waals surface area contributed by atoms with Gasteiger partial charge in [-0.25, -0.2) is 0 Å². The summed E-state index contributed by atoms with van der Waals surface area (Å²) in [7, 11) is 1.55. The van der Waals surface area contributed by atoms with Crippen LogP contribution in [0.15, 0.2) is 0 Å². The number of rotatable bonds is 1. The molecular formula is C7H14O3. The molecule has 1 fully saturated rings. The molecule has 1 aliphatic rings. The van der Waals surface area contributed by atoms with E-state index in [0.29, 0.717) is 0 Å². The normalized spacial score (nSPS) is 48.0. The Morgan fingerprint density at radius 1 is 1.30 bits per heavy atom. The Hall–Kier alpha value is -0.120. The standard InChI is InChI=1S/C7H14O3/c1-4-3-5(10-2)7(9)6(4)8/h4-9H,3H2,1-2H3/t4-,5+,6+,7-/m1/s1. The van der Waals surface area contributed by atoms with Crippen molar-refractivity contribution in [3.63, 3.8) is 0 Å². The van der Waals surface area contributed by atoms with Crippen LogP contribution in [0.1, 0.15) is 13.3 Å². The highest BCUT2D eigenvalue weighted by molar-refractivity contribution is 4.89. The zero-order valence-corrected chi connectivity index (χ0v) is 6.32. The van der Waals surface area contributed by atoms with Gasteiger partial charge in [-0.05, 0) is 12.3 Å². The van der Waals surface area contributed by atoms with E-state index in [1.807, 2.05) is 6.92 Å². The molecule has 0 spiro atoms. The summed E-state index contributed by atoms with van der Waals surface area (Å²) >= 11 is 0. The van der Waals surface area contributed by atoms with Crippen molar-refractivity contribution in [1.82, 2.24) is 0 Å². The molecule has 60 valence electrons. The summed E-state index contributed by atoms with van der Waals surface area (Å²) in [4.78, 5) is 0. The smallest absolute Gasteiger partial charge is 0.106 e. The molecule has 10 heavy (non-hydrogen) atoms. The minimum Gasteiger partial charge on any atom is -0.390 e. The number of hydrogen-bond acceptors (Lipinski definition) is 3. The molecule has 1 aliphatic carbocycles. The van der Waals surface area contributed by atoms with Crippen molar-refractivity contribution in [1.29, 1.82) is 0 Å². The van der Waals surface area contributed by atoms with Gasteiger partial charge in [-0.2, -0.15) is 0 Å². The van der Waals surface area contributed by atoms with Crippen LogP contribution in [0.4, 0.5) is 0 Å². The van der Waals surface area contributed by atoms with Gasteiger partial charge in [0, 0.05) is 7.11 Å². The minimum absolute atomic E-state index is 0.153. The SMILES string of the molecule is CO[C@H]1C[C@@H](C)[C@H](O)[C@@H]1O. The Balaban J connectivity index is 2.53. The molecule has 0 aliphatic heterocycles. The molecule has 0 saturated heterocycles. The van der Waals surface area contributed by atoms with E-state index >= 15 is 0 Å². The van der Waals surface area contributed by atoms with Crippen molar-refractivity contribution in [2.75, 3.05) is 7.11 Å². The van der Waals surface area contributed by atoms with E-state index in [0.717, 1.165) is 6.42 Å². The van der Waals surface area contributed by atoms with E-state index in [9.17, 15) is 10.2 Å². The first kappa shape index (κ1) is 7.98. The molecule has 0 amide bonds. The van der Waals surface area contributed by atoms with Crippen molar-refractivity contribution in [3.8, 4) is 0 Å².